The van der Waals surface area contributed by atoms with Crippen molar-refractivity contribution in [3.05, 3.63) is 40.3 Å². The van der Waals surface area contributed by atoms with Crippen LogP contribution in [-0.2, 0) is 6.54 Å². The average molecular weight is 285 g/mol. The summed E-state index contributed by atoms with van der Waals surface area (Å²) >= 11 is 0. The van der Waals surface area contributed by atoms with Crippen LogP contribution >= 0.6 is 12.4 Å². The van der Waals surface area contributed by atoms with Crippen LogP contribution in [0.1, 0.15) is 5.89 Å². The fourth-order valence-electron chi connectivity index (χ4n) is 1.44. The molecule has 0 unspecified atom stereocenters. The van der Waals surface area contributed by atoms with E-state index >= 15 is 0 Å². The average Bonchev–Trinajstić information content (AvgIpc) is 2.76. The molecule has 7 nitrogen and oxygen atoms in total. The van der Waals surface area contributed by atoms with Crippen molar-refractivity contribution in [2.45, 2.75) is 6.54 Å². The lowest BCUT2D eigenvalue weighted by Gasteiger charge is -2.02. The van der Waals surface area contributed by atoms with Gasteiger partial charge in [0.2, 0.25) is 11.7 Å². The van der Waals surface area contributed by atoms with Gasteiger partial charge >= 0.3 is 0 Å². The number of rotatable bonds is 4. The summed E-state index contributed by atoms with van der Waals surface area (Å²) in [6.07, 6.45) is 0. The van der Waals surface area contributed by atoms with Crippen molar-refractivity contribution in [1.29, 1.82) is 0 Å². The molecule has 0 spiro atoms. The number of hydrogen-bond acceptors (Lipinski definition) is 6. The van der Waals surface area contributed by atoms with Crippen LogP contribution < -0.4 is 0 Å². The second kappa shape index (κ2) is 6.26. The van der Waals surface area contributed by atoms with Crippen molar-refractivity contribution in [1.82, 2.24) is 15.0 Å². The number of non-ortho nitro benzene ring substituents is 1. The van der Waals surface area contributed by atoms with Gasteiger partial charge in [0, 0.05) is 17.7 Å². The molecule has 1 heterocycles. The zero-order chi connectivity index (χ0) is 13.1. The van der Waals surface area contributed by atoms with Crippen LogP contribution in [-0.4, -0.2) is 34.1 Å². The van der Waals surface area contributed by atoms with E-state index in [0.717, 1.165) is 0 Å². The van der Waals surface area contributed by atoms with Gasteiger partial charge < -0.3 is 9.42 Å². The Bertz CT molecular complexity index is 553. The second-order valence-electron chi connectivity index (χ2n) is 4.05. The zero-order valence-corrected chi connectivity index (χ0v) is 11.3. The van der Waals surface area contributed by atoms with Crippen molar-refractivity contribution >= 4 is 18.1 Å². The Morgan fingerprint density at radius 1 is 1.32 bits per heavy atom. The van der Waals surface area contributed by atoms with Gasteiger partial charge in [-0.05, 0) is 26.2 Å². The van der Waals surface area contributed by atoms with Gasteiger partial charge in [0.25, 0.3) is 5.69 Å². The molecule has 8 heteroatoms. The standard InChI is InChI=1S/C11H12N4O3.ClH/c1-14(2)7-10-12-11(13-18-10)8-3-5-9(6-4-8)15(16)17;/h3-6H,7H2,1-2H3;1H. The largest absolute Gasteiger partial charge is 0.338 e. The fourth-order valence-corrected chi connectivity index (χ4v) is 1.44. The van der Waals surface area contributed by atoms with Crippen LogP contribution in [0.25, 0.3) is 11.4 Å². The lowest BCUT2D eigenvalue weighted by Crippen LogP contribution is -2.10. The van der Waals surface area contributed by atoms with Crippen molar-refractivity contribution in [3.8, 4) is 11.4 Å². The van der Waals surface area contributed by atoms with Gasteiger partial charge in [-0.1, -0.05) is 5.16 Å². The highest BCUT2D eigenvalue weighted by Crippen LogP contribution is 2.19. The topological polar surface area (TPSA) is 85.3 Å². The molecule has 0 radical (unpaired) electrons. The van der Waals surface area contributed by atoms with Crippen LogP contribution in [0.5, 0.6) is 0 Å². The third kappa shape index (κ3) is 3.73. The minimum absolute atomic E-state index is 0. The molecule has 0 saturated carbocycles. The smallest absolute Gasteiger partial charge is 0.269 e. The van der Waals surface area contributed by atoms with Crippen molar-refractivity contribution < 1.29 is 9.45 Å². The number of nitro groups is 1. The molecule has 102 valence electrons. The van der Waals surface area contributed by atoms with Gasteiger partial charge in [-0.25, -0.2) is 0 Å². The SMILES string of the molecule is CN(C)Cc1nc(-c2ccc([N+](=O)[O-])cc2)no1.Cl. The van der Waals surface area contributed by atoms with Gasteiger partial charge in [-0.15, -0.1) is 12.4 Å². The predicted molar refractivity (Wildman–Crippen MR) is 71.0 cm³/mol. The Hall–Kier alpha value is -1.99. The number of halogens is 1. The first-order chi connectivity index (χ1) is 8.56. The summed E-state index contributed by atoms with van der Waals surface area (Å²) < 4.78 is 5.07. The molecule has 1 aromatic carbocycles. The minimum Gasteiger partial charge on any atom is -0.338 e. The zero-order valence-electron chi connectivity index (χ0n) is 10.4. The van der Waals surface area contributed by atoms with E-state index in [0.29, 0.717) is 23.8 Å². The number of hydrogen-bond donors (Lipinski definition) is 0. The van der Waals surface area contributed by atoms with Crippen LogP contribution in [0.4, 0.5) is 5.69 Å². The summed E-state index contributed by atoms with van der Waals surface area (Å²) in [5.74, 6) is 0.940. The van der Waals surface area contributed by atoms with E-state index in [1.54, 1.807) is 12.1 Å². The summed E-state index contributed by atoms with van der Waals surface area (Å²) in [7, 11) is 3.80. The van der Waals surface area contributed by atoms with Crippen molar-refractivity contribution in [2.24, 2.45) is 0 Å². The third-order valence-corrected chi connectivity index (χ3v) is 2.26. The normalized spacial score (nSPS) is 10.3. The van der Waals surface area contributed by atoms with Gasteiger partial charge in [0.1, 0.15) is 0 Å². The minimum atomic E-state index is -0.447. The van der Waals surface area contributed by atoms with E-state index < -0.39 is 4.92 Å². The molecule has 0 bridgehead atoms. The number of benzene rings is 1. The lowest BCUT2D eigenvalue weighted by atomic mass is 10.2. The van der Waals surface area contributed by atoms with E-state index in [2.05, 4.69) is 10.1 Å². The van der Waals surface area contributed by atoms with Crippen LogP contribution in [0, 0.1) is 10.1 Å². The van der Waals surface area contributed by atoms with Crippen LogP contribution in [0.2, 0.25) is 0 Å². The van der Waals surface area contributed by atoms with Crippen LogP contribution in [0.3, 0.4) is 0 Å². The van der Waals surface area contributed by atoms with E-state index in [9.17, 15) is 10.1 Å². The van der Waals surface area contributed by atoms with Crippen LogP contribution in [0.15, 0.2) is 28.8 Å². The maximum atomic E-state index is 10.5. The molecule has 1 aromatic heterocycles. The Morgan fingerprint density at radius 3 is 2.47 bits per heavy atom. The summed E-state index contributed by atoms with van der Waals surface area (Å²) in [5, 5.41) is 14.4. The summed E-state index contributed by atoms with van der Waals surface area (Å²) in [4.78, 5) is 16.2. The molecule has 0 aliphatic rings. The molecule has 2 rings (SSSR count). The van der Waals surface area contributed by atoms with Crippen molar-refractivity contribution in [2.75, 3.05) is 14.1 Å². The number of nitro benzene ring substituents is 1. The molecule has 0 atom stereocenters. The Kier molecular flexibility index (Phi) is 4.96. The Morgan fingerprint density at radius 2 is 1.95 bits per heavy atom. The van der Waals surface area contributed by atoms with Gasteiger partial charge in [-0.2, -0.15) is 4.98 Å². The predicted octanol–water partition coefficient (Wildman–Crippen LogP) is 2.13. The van der Waals surface area contributed by atoms with Gasteiger partial charge in [0.05, 0.1) is 11.5 Å². The Balaban J connectivity index is 0.00000180. The number of nitrogens with zero attached hydrogens (tertiary/aromatic N) is 4. The summed E-state index contributed by atoms with van der Waals surface area (Å²) in [6.45, 7) is 0.556. The third-order valence-electron chi connectivity index (χ3n) is 2.26. The fraction of sp³-hybridized carbons (Fsp3) is 0.273. The molecule has 0 aliphatic heterocycles. The molecule has 0 N–H and O–H groups in total. The van der Waals surface area contributed by atoms with E-state index in [-0.39, 0.29) is 18.1 Å². The van der Waals surface area contributed by atoms with Crippen molar-refractivity contribution in [3.63, 3.8) is 0 Å². The highest BCUT2D eigenvalue weighted by molar-refractivity contribution is 5.85. The maximum absolute atomic E-state index is 10.5. The highest BCUT2D eigenvalue weighted by Gasteiger charge is 2.11. The summed E-state index contributed by atoms with van der Waals surface area (Å²) in [6, 6.07) is 6.03. The monoisotopic (exact) mass is 284 g/mol. The lowest BCUT2D eigenvalue weighted by molar-refractivity contribution is -0.384. The van der Waals surface area contributed by atoms with E-state index in [1.807, 2.05) is 19.0 Å². The number of aromatic nitrogens is 2. The first-order valence-electron chi connectivity index (χ1n) is 5.28. The molecule has 2 aromatic rings. The maximum Gasteiger partial charge on any atom is 0.269 e. The molecule has 0 amide bonds. The van der Waals surface area contributed by atoms with E-state index in [1.165, 1.54) is 12.1 Å². The van der Waals surface area contributed by atoms with E-state index in [4.69, 9.17) is 4.52 Å². The summed E-state index contributed by atoms with van der Waals surface area (Å²) in [5.41, 5.74) is 0.727. The molecule has 0 aliphatic carbocycles. The van der Waals surface area contributed by atoms with Gasteiger partial charge in [0.15, 0.2) is 0 Å². The molecule has 0 fully saturated rings. The quantitative estimate of drug-likeness (QED) is 0.631. The second-order valence-corrected chi connectivity index (χ2v) is 4.05. The first kappa shape index (κ1) is 15.1. The Labute approximate surface area is 115 Å². The highest BCUT2D eigenvalue weighted by atomic mass is 35.5. The molecule has 0 saturated heterocycles. The molecular formula is C11H13ClN4O3. The molecule has 19 heavy (non-hydrogen) atoms. The first-order valence-corrected chi connectivity index (χ1v) is 5.28. The molecular weight excluding hydrogens is 272 g/mol. The van der Waals surface area contributed by atoms with Gasteiger partial charge in [-0.3, -0.25) is 10.1 Å².